The monoisotopic (exact) mass is 430 g/mol. The first-order chi connectivity index (χ1) is 15.1. The van der Waals surface area contributed by atoms with E-state index < -0.39 is 5.97 Å². The summed E-state index contributed by atoms with van der Waals surface area (Å²) in [7, 11) is 0. The lowest BCUT2D eigenvalue weighted by atomic mass is 10.0. The Hall–Kier alpha value is -3.37. The Bertz CT molecular complexity index is 1220. The summed E-state index contributed by atoms with van der Waals surface area (Å²) in [4.78, 5) is 15.8. The summed E-state index contributed by atoms with van der Waals surface area (Å²) in [5.41, 5.74) is 6.02. The first-order valence-electron chi connectivity index (χ1n) is 10.2. The highest BCUT2D eigenvalue weighted by molar-refractivity contribution is 6.31. The Kier molecular flexibility index (Phi) is 6.48. The number of aryl methyl sites for hydroxylation is 2. The maximum atomic E-state index is 11.1. The smallest absolute Gasteiger partial charge is 0.307 e. The van der Waals surface area contributed by atoms with E-state index in [1.54, 1.807) is 0 Å². The number of rotatable bonds is 8. The van der Waals surface area contributed by atoms with Crippen molar-refractivity contribution in [2.45, 2.75) is 25.8 Å². The molecule has 0 amide bonds. The predicted molar refractivity (Wildman–Crippen MR) is 126 cm³/mol. The highest BCUT2D eigenvalue weighted by Gasteiger charge is 2.07. The van der Waals surface area contributed by atoms with E-state index in [0.29, 0.717) is 11.6 Å². The van der Waals surface area contributed by atoms with Crippen LogP contribution in [0.4, 0.5) is 5.69 Å². The molecule has 4 aromatic rings. The zero-order valence-electron chi connectivity index (χ0n) is 17.0. The van der Waals surface area contributed by atoms with Gasteiger partial charge in [0, 0.05) is 28.3 Å². The second kappa shape index (κ2) is 9.63. The van der Waals surface area contributed by atoms with Crippen LogP contribution < -0.4 is 5.32 Å². The highest BCUT2D eigenvalue weighted by atomic mass is 35.5. The molecule has 1 aromatic heterocycles. The number of carboxylic acid groups (broad SMARTS) is 1. The molecule has 3 aromatic carbocycles. The minimum atomic E-state index is -0.820. The van der Waals surface area contributed by atoms with Gasteiger partial charge >= 0.3 is 5.97 Å². The van der Waals surface area contributed by atoms with Crippen LogP contribution in [0.3, 0.4) is 0 Å². The topological polar surface area (TPSA) is 62.2 Å². The number of nitrogens with zero attached hydrogens (tertiary/aromatic N) is 1. The number of carbonyl (C=O) groups is 1. The number of anilines is 1. The zero-order valence-corrected chi connectivity index (χ0v) is 17.8. The predicted octanol–water partition coefficient (Wildman–Crippen LogP) is 5.91. The first kappa shape index (κ1) is 20.9. The molecule has 0 aliphatic carbocycles. The first-order valence-corrected chi connectivity index (χ1v) is 10.6. The van der Waals surface area contributed by atoms with Crippen molar-refractivity contribution in [3.63, 3.8) is 0 Å². The van der Waals surface area contributed by atoms with Crippen LogP contribution in [0.25, 0.3) is 10.9 Å². The number of carboxylic acids is 1. The summed E-state index contributed by atoms with van der Waals surface area (Å²) in [6, 6.07) is 25.9. The molecule has 31 heavy (non-hydrogen) atoms. The molecule has 0 spiro atoms. The molecule has 0 unspecified atom stereocenters. The van der Waals surface area contributed by atoms with Gasteiger partial charge in [-0.2, -0.15) is 0 Å². The SMILES string of the molecule is O=C(O)Cc1ccccc1CNc1cccc(CCc2ccc3ccc(Cl)cc3n2)c1. The number of pyridine rings is 1. The molecule has 0 fully saturated rings. The van der Waals surface area contributed by atoms with Gasteiger partial charge in [0.25, 0.3) is 0 Å². The molecule has 4 nitrogen and oxygen atoms in total. The van der Waals surface area contributed by atoms with Crippen molar-refractivity contribution in [2.24, 2.45) is 0 Å². The summed E-state index contributed by atoms with van der Waals surface area (Å²) in [5.74, 6) is -0.820. The number of benzene rings is 3. The molecule has 0 radical (unpaired) electrons. The number of hydrogen-bond acceptors (Lipinski definition) is 3. The highest BCUT2D eigenvalue weighted by Crippen LogP contribution is 2.20. The number of aliphatic carboxylic acids is 1. The average molecular weight is 431 g/mol. The van der Waals surface area contributed by atoms with Crippen LogP contribution in [-0.4, -0.2) is 16.1 Å². The Morgan fingerprint density at radius 1 is 0.903 bits per heavy atom. The van der Waals surface area contributed by atoms with E-state index >= 15 is 0 Å². The van der Waals surface area contributed by atoms with Gasteiger partial charge in [-0.15, -0.1) is 0 Å². The lowest BCUT2D eigenvalue weighted by Gasteiger charge is -2.11. The normalized spacial score (nSPS) is 10.9. The minimum absolute atomic E-state index is 0.0296. The number of fused-ring (bicyclic) bond motifs is 1. The molecule has 2 N–H and O–H groups in total. The van der Waals surface area contributed by atoms with E-state index in [1.807, 2.05) is 54.6 Å². The third kappa shape index (κ3) is 5.62. The van der Waals surface area contributed by atoms with Gasteiger partial charge in [0.1, 0.15) is 0 Å². The summed E-state index contributed by atoms with van der Waals surface area (Å²) in [6.07, 6.45) is 1.75. The molecule has 0 aliphatic rings. The number of nitrogens with one attached hydrogen (secondary N) is 1. The summed E-state index contributed by atoms with van der Waals surface area (Å²) in [6.45, 7) is 0.583. The van der Waals surface area contributed by atoms with E-state index in [0.717, 1.165) is 46.3 Å². The van der Waals surface area contributed by atoms with Crippen LogP contribution in [0.1, 0.15) is 22.4 Å². The fourth-order valence-electron chi connectivity index (χ4n) is 3.64. The van der Waals surface area contributed by atoms with Crippen LogP contribution >= 0.6 is 11.6 Å². The number of hydrogen-bond donors (Lipinski definition) is 2. The molecule has 4 rings (SSSR count). The van der Waals surface area contributed by atoms with Crippen molar-refractivity contribution < 1.29 is 9.90 Å². The standard InChI is InChI=1S/C26H23ClN2O2/c27-22-11-9-19-10-13-23(29-25(19)16-22)12-8-18-4-3-7-24(14-18)28-17-21-6-2-1-5-20(21)15-26(30)31/h1-7,9-11,13-14,16,28H,8,12,15,17H2,(H,30,31). The number of halogens is 1. The van der Waals surface area contributed by atoms with Gasteiger partial charge in [-0.05, 0) is 59.9 Å². The zero-order chi connectivity index (χ0) is 21.6. The van der Waals surface area contributed by atoms with Crippen molar-refractivity contribution in [1.82, 2.24) is 4.98 Å². The van der Waals surface area contributed by atoms with Crippen molar-refractivity contribution >= 4 is 34.2 Å². The molecule has 0 saturated heterocycles. The summed E-state index contributed by atoms with van der Waals surface area (Å²) in [5, 5.41) is 14.3. The average Bonchev–Trinajstić information content (AvgIpc) is 2.77. The molecule has 5 heteroatoms. The van der Waals surface area contributed by atoms with Gasteiger partial charge in [-0.3, -0.25) is 9.78 Å². The quantitative estimate of drug-likeness (QED) is 0.364. The van der Waals surface area contributed by atoms with Crippen molar-refractivity contribution in [3.05, 3.63) is 106 Å². The Morgan fingerprint density at radius 2 is 1.71 bits per heavy atom. The fraction of sp³-hybridized carbons (Fsp3) is 0.154. The Labute approximate surface area is 186 Å². The molecule has 0 atom stereocenters. The van der Waals surface area contributed by atoms with Crippen molar-refractivity contribution in [2.75, 3.05) is 5.32 Å². The third-order valence-corrected chi connectivity index (χ3v) is 5.49. The van der Waals surface area contributed by atoms with Gasteiger partial charge in [0.2, 0.25) is 0 Å². The van der Waals surface area contributed by atoms with E-state index in [2.05, 4.69) is 29.6 Å². The fourth-order valence-corrected chi connectivity index (χ4v) is 3.81. The molecule has 0 aliphatic heterocycles. The maximum Gasteiger partial charge on any atom is 0.307 e. The Balaban J connectivity index is 1.40. The second-order valence-electron chi connectivity index (χ2n) is 7.53. The van der Waals surface area contributed by atoms with Gasteiger partial charge in [-0.25, -0.2) is 0 Å². The van der Waals surface area contributed by atoms with Crippen molar-refractivity contribution in [3.8, 4) is 0 Å². The molecule has 156 valence electrons. The van der Waals surface area contributed by atoms with Gasteiger partial charge in [0.15, 0.2) is 0 Å². The number of aromatic nitrogens is 1. The van der Waals surface area contributed by atoms with Gasteiger partial charge in [0.05, 0.1) is 11.9 Å². The van der Waals surface area contributed by atoms with Gasteiger partial charge < -0.3 is 10.4 Å². The maximum absolute atomic E-state index is 11.1. The second-order valence-corrected chi connectivity index (χ2v) is 7.97. The molecule has 0 bridgehead atoms. The molecular formula is C26H23ClN2O2. The largest absolute Gasteiger partial charge is 0.481 e. The molecular weight excluding hydrogens is 408 g/mol. The van der Waals surface area contributed by atoms with Crippen LogP contribution in [0.2, 0.25) is 5.02 Å². The van der Waals surface area contributed by atoms with Crippen molar-refractivity contribution in [1.29, 1.82) is 0 Å². The molecule has 0 saturated carbocycles. The lowest BCUT2D eigenvalue weighted by molar-refractivity contribution is -0.136. The van der Waals surface area contributed by atoms with Crippen LogP contribution in [0.15, 0.2) is 78.9 Å². The molecule has 1 heterocycles. The van der Waals surface area contributed by atoms with E-state index in [9.17, 15) is 4.79 Å². The van der Waals surface area contributed by atoms with E-state index in [-0.39, 0.29) is 6.42 Å². The Morgan fingerprint density at radius 3 is 2.55 bits per heavy atom. The summed E-state index contributed by atoms with van der Waals surface area (Å²) >= 11 is 6.09. The van der Waals surface area contributed by atoms with Crippen LogP contribution in [-0.2, 0) is 30.6 Å². The van der Waals surface area contributed by atoms with Gasteiger partial charge in [-0.1, -0.05) is 60.1 Å². The van der Waals surface area contributed by atoms with Crippen LogP contribution in [0, 0.1) is 0 Å². The lowest BCUT2D eigenvalue weighted by Crippen LogP contribution is -2.07. The van der Waals surface area contributed by atoms with Crippen LogP contribution in [0.5, 0.6) is 0 Å². The minimum Gasteiger partial charge on any atom is -0.481 e. The van der Waals surface area contributed by atoms with E-state index in [1.165, 1.54) is 5.56 Å². The van der Waals surface area contributed by atoms with E-state index in [4.69, 9.17) is 21.7 Å². The summed E-state index contributed by atoms with van der Waals surface area (Å²) < 4.78 is 0. The third-order valence-electron chi connectivity index (χ3n) is 5.25.